The summed E-state index contributed by atoms with van der Waals surface area (Å²) in [5.74, 6) is -0.483. The van der Waals surface area contributed by atoms with E-state index < -0.39 is 5.91 Å². The van der Waals surface area contributed by atoms with E-state index in [-0.39, 0.29) is 5.63 Å². The van der Waals surface area contributed by atoms with Crippen LogP contribution < -0.4 is 15.9 Å². The van der Waals surface area contributed by atoms with Gasteiger partial charge < -0.3 is 10.2 Å². The van der Waals surface area contributed by atoms with Gasteiger partial charge in [0.1, 0.15) is 11.1 Å². The number of fused-ring (bicyclic) bond motifs is 1. The zero-order valence-electron chi connectivity index (χ0n) is 13.0. The van der Waals surface area contributed by atoms with Crippen LogP contribution in [0.15, 0.2) is 51.9 Å². The van der Waals surface area contributed by atoms with Gasteiger partial charge in [-0.25, -0.2) is 4.79 Å². The fourth-order valence-corrected chi connectivity index (χ4v) is 2.58. The lowest BCUT2D eigenvalue weighted by molar-refractivity contribution is -0.688. The second-order valence-corrected chi connectivity index (χ2v) is 5.65. The van der Waals surface area contributed by atoms with Crippen molar-refractivity contribution in [3.8, 4) is 0 Å². The van der Waals surface area contributed by atoms with E-state index in [1.165, 1.54) is 6.07 Å². The van der Waals surface area contributed by atoms with E-state index in [2.05, 4.69) is 0 Å². The average Bonchev–Trinajstić information content (AvgIpc) is 2.49. The van der Waals surface area contributed by atoms with E-state index in [1.54, 1.807) is 18.3 Å². The molecule has 116 valence electrons. The fraction of sp³-hybridized carbons (Fsp3) is 0.167. The summed E-state index contributed by atoms with van der Waals surface area (Å²) in [6.07, 6.45) is 3.50. The molecule has 0 unspecified atom stereocenters. The van der Waals surface area contributed by atoms with Crippen molar-refractivity contribution in [2.24, 2.45) is 5.73 Å². The monoisotopic (exact) mass is 309 g/mol. The third kappa shape index (κ3) is 2.99. The highest BCUT2D eigenvalue weighted by molar-refractivity contribution is 5.92. The molecule has 0 radical (unpaired) electrons. The van der Waals surface area contributed by atoms with E-state index in [1.807, 2.05) is 36.7 Å². The van der Waals surface area contributed by atoms with E-state index in [0.717, 1.165) is 22.1 Å². The van der Waals surface area contributed by atoms with Crippen LogP contribution in [0.1, 0.15) is 27.0 Å². The Bertz CT molecular complexity index is 974. The fourth-order valence-electron chi connectivity index (χ4n) is 2.58. The first-order valence-electron chi connectivity index (χ1n) is 7.27. The van der Waals surface area contributed by atoms with Gasteiger partial charge >= 0.3 is 5.63 Å². The molecule has 0 fully saturated rings. The summed E-state index contributed by atoms with van der Waals surface area (Å²) in [6.45, 7) is 4.45. The number of amides is 1. The molecule has 5 heteroatoms. The van der Waals surface area contributed by atoms with Crippen LogP contribution in [0.25, 0.3) is 11.0 Å². The molecule has 0 aliphatic rings. The zero-order valence-corrected chi connectivity index (χ0v) is 13.0. The van der Waals surface area contributed by atoms with E-state index >= 15 is 0 Å². The summed E-state index contributed by atoms with van der Waals surface area (Å²) in [4.78, 5) is 23.1. The third-order valence-electron chi connectivity index (χ3n) is 3.94. The number of carbonyl (C=O) groups excluding carboxylic acids is 1. The highest BCUT2D eigenvalue weighted by atomic mass is 16.4. The van der Waals surface area contributed by atoms with Crippen LogP contribution in [-0.4, -0.2) is 5.91 Å². The van der Waals surface area contributed by atoms with Crippen molar-refractivity contribution < 1.29 is 13.8 Å². The first-order valence-corrected chi connectivity index (χ1v) is 7.27. The molecule has 0 aliphatic carbocycles. The van der Waals surface area contributed by atoms with Gasteiger partial charge in [-0.3, -0.25) is 4.79 Å². The van der Waals surface area contributed by atoms with Crippen molar-refractivity contribution in [2.45, 2.75) is 20.4 Å². The summed E-state index contributed by atoms with van der Waals surface area (Å²) >= 11 is 0. The Morgan fingerprint density at radius 1 is 1.22 bits per heavy atom. The second kappa shape index (κ2) is 5.68. The number of carbonyl (C=O) groups is 1. The maximum absolute atomic E-state index is 11.8. The number of aryl methyl sites for hydroxylation is 2. The molecule has 23 heavy (non-hydrogen) atoms. The van der Waals surface area contributed by atoms with Crippen molar-refractivity contribution >= 4 is 16.9 Å². The molecule has 0 bridgehead atoms. The van der Waals surface area contributed by atoms with Crippen LogP contribution in [0.4, 0.5) is 0 Å². The number of rotatable bonds is 3. The van der Waals surface area contributed by atoms with Gasteiger partial charge in [0, 0.05) is 23.1 Å². The number of aromatic nitrogens is 1. The number of hydrogen-bond acceptors (Lipinski definition) is 3. The highest BCUT2D eigenvalue weighted by Gasteiger charge is 2.13. The van der Waals surface area contributed by atoms with E-state index in [9.17, 15) is 9.59 Å². The smallest absolute Gasteiger partial charge is 0.336 e. The number of hydrogen-bond donors (Lipinski definition) is 1. The zero-order chi connectivity index (χ0) is 16.6. The molecule has 0 saturated carbocycles. The lowest BCUT2D eigenvalue weighted by atomic mass is 10.0. The number of nitrogens with two attached hydrogens (primary N) is 1. The van der Waals surface area contributed by atoms with Crippen LogP contribution >= 0.6 is 0 Å². The quantitative estimate of drug-likeness (QED) is 0.592. The van der Waals surface area contributed by atoms with Gasteiger partial charge in [0.2, 0.25) is 0 Å². The third-order valence-corrected chi connectivity index (χ3v) is 3.94. The standard InChI is InChI=1S/C18H16N2O3/c1-11-6-15-14(8-17(21)23-16(15)7-12(11)2)10-20-5-3-4-13(9-20)18(19)22/h3-9H,10H2,1-2H3,(H-,19,22)/p+1. The molecule has 0 atom stereocenters. The number of pyridine rings is 1. The van der Waals surface area contributed by atoms with Crippen LogP contribution in [0.5, 0.6) is 0 Å². The van der Waals surface area contributed by atoms with Gasteiger partial charge in [-0.2, -0.15) is 4.57 Å². The van der Waals surface area contributed by atoms with Crippen molar-refractivity contribution in [1.82, 2.24) is 0 Å². The number of nitrogens with zero attached hydrogens (tertiary/aromatic N) is 1. The molecule has 0 aliphatic heterocycles. The molecule has 5 nitrogen and oxygen atoms in total. The Kier molecular flexibility index (Phi) is 3.70. The normalized spacial score (nSPS) is 10.9. The Morgan fingerprint density at radius 3 is 2.70 bits per heavy atom. The van der Waals surface area contributed by atoms with Gasteiger partial charge in [0.15, 0.2) is 18.9 Å². The molecular weight excluding hydrogens is 292 g/mol. The number of primary amides is 1. The first-order chi connectivity index (χ1) is 10.9. The second-order valence-electron chi connectivity index (χ2n) is 5.65. The van der Waals surface area contributed by atoms with Crippen molar-refractivity contribution in [1.29, 1.82) is 0 Å². The first kappa shape index (κ1) is 15.0. The molecule has 2 N–H and O–H groups in total. The van der Waals surface area contributed by atoms with Gasteiger partial charge in [-0.1, -0.05) is 0 Å². The van der Waals surface area contributed by atoms with Gasteiger partial charge in [0.25, 0.3) is 5.91 Å². The molecule has 2 heterocycles. The maximum atomic E-state index is 11.8. The van der Waals surface area contributed by atoms with Crippen LogP contribution in [0.2, 0.25) is 0 Å². The molecule has 1 aromatic carbocycles. The molecule has 0 saturated heterocycles. The van der Waals surface area contributed by atoms with Crippen LogP contribution in [0.3, 0.4) is 0 Å². The molecule has 2 aromatic heterocycles. The SMILES string of the molecule is Cc1cc2oc(=O)cc(C[n+]3cccc(C(N)=O)c3)c2cc1C. The molecule has 3 rings (SSSR count). The Labute approximate surface area is 133 Å². The Hall–Kier alpha value is -2.95. The van der Waals surface area contributed by atoms with Crippen LogP contribution in [0, 0.1) is 13.8 Å². The van der Waals surface area contributed by atoms with Crippen LogP contribution in [-0.2, 0) is 6.54 Å². The van der Waals surface area contributed by atoms with Crippen molar-refractivity contribution in [3.63, 3.8) is 0 Å². The summed E-state index contributed by atoms with van der Waals surface area (Å²) < 4.78 is 7.12. The van der Waals surface area contributed by atoms with E-state index in [0.29, 0.717) is 17.7 Å². The van der Waals surface area contributed by atoms with E-state index in [4.69, 9.17) is 10.2 Å². The molecule has 1 amide bonds. The Morgan fingerprint density at radius 2 is 1.96 bits per heavy atom. The predicted molar refractivity (Wildman–Crippen MR) is 86.2 cm³/mol. The van der Waals surface area contributed by atoms with Crippen molar-refractivity contribution in [3.05, 3.63) is 75.4 Å². The summed E-state index contributed by atoms with van der Waals surface area (Å²) in [7, 11) is 0. The molecular formula is C18H17N2O3+. The summed E-state index contributed by atoms with van der Waals surface area (Å²) in [5.41, 5.74) is 8.96. The Balaban J connectivity index is 2.13. The molecule has 0 spiro atoms. The minimum atomic E-state index is -0.483. The molecule has 3 aromatic rings. The number of benzene rings is 1. The van der Waals surface area contributed by atoms with Gasteiger partial charge in [-0.15, -0.1) is 0 Å². The topological polar surface area (TPSA) is 77.2 Å². The average molecular weight is 309 g/mol. The van der Waals surface area contributed by atoms with Gasteiger partial charge in [0.05, 0.1) is 0 Å². The summed E-state index contributed by atoms with van der Waals surface area (Å²) in [6, 6.07) is 8.79. The predicted octanol–water partition coefficient (Wildman–Crippen LogP) is 1.84. The minimum absolute atomic E-state index is 0.387. The summed E-state index contributed by atoms with van der Waals surface area (Å²) in [5, 5.41) is 0.893. The largest absolute Gasteiger partial charge is 0.423 e. The van der Waals surface area contributed by atoms with Gasteiger partial charge in [-0.05, 0) is 43.2 Å². The maximum Gasteiger partial charge on any atom is 0.336 e. The van der Waals surface area contributed by atoms with Crippen molar-refractivity contribution in [2.75, 3.05) is 0 Å². The lowest BCUT2D eigenvalue weighted by Gasteiger charge is -2.06. The highest BCUT2D eigenvalue weighted by Crippen LogP contribution is 2.21. The lowest BCUT2D eigenvalue weighted by Crippen LogP contribution is -2.35. The minimum Gasteiger partial charge on any atom is -0.423 e.